The molecule has 1 saturated carbocycles. The molecule has 5 nitrogen and oxygen atoms in total. The number of hydrogen-bond donors (Lipinski definition) is 1. The summed E-state index contributed by atoms with van der Waals surface area (Å²) < 4.78 is 13.5. The van der Waals surface area contributed by atoms with E-state index in [9.17, 15) is 14.0 Å². The predicted octanol–water partition coefficient (Wildman–Crippen LogP) is 4.20. The number of benzene rings is 2. The Morgan fingerprint density at radius 2 is 1.56 bits per heavy atom. The molecule has 2 fully saturated rings. The lowest BCUT2D eigenvalue weighted by molar-refractivity contribution is -0.138. The Morgan fingerprint density at radius 3 is 2.28 bits per heavy atom. The molecular weight excluding hydrogens is 405 g/mol. The van der Waals surface area contributed by atoms with Crippen molar-refractivity contribution in [2.75, 3.05) is 38.0 Å². The zero-order valence-electron chi connectivity index (χ0n) is 18.6. The third-order valence-electron chi connectivity index (χ3n) is 6.81. The second-order valence-corrected chi connectivity index (χ2v) is 8.99. The molecule has 0 unspecified atom stereocenters. The van der Waals surface area contributed by atoms with Crippen molar-refractivity contribution in [3.63, 3.8) is 0 Å². The van der Waals surface area contributed by atoms with Crippen LogP contribution in [0.5, 0.6) is 0 Å². The molecule has 2 aromatic rings. The number of amides is 2. The maximum atomic E-state index is 13.8. The van der Waals surface area contributed by atoms with Crippen LogP contribution in [0.15, 0.2) is 54.6 Å². The molecule has 1 aliphatic carbocycles. The maximum absolute atomic E-state index is 13.8. The molecule has 1 saturated heterocycles. The van der Waals surface area contributed by atoms with Gasteiger partial charge in [0.05, 0.1) is 12.0 Å². The number of rotatable bonds is 5. The molecule has 1 N–H and O–H groups in total. The molecule has 1 heterocycles. The van der Waals surface area contributed by atoms with Gasteiger partial charge in [-0.15, -0.1) is 0 Å². The van der Waals surface area contributed by atoms with E-state index in [0.29, 0.717) is 26.2 Å². The van der Waals surface area contributed by atoms with E-state index in [1.54, 1.807) is 12.1 Å². The Hall–Kier alpha value is -2.73. The van der Waals surface area contributed by atoms with E-state index in [1.165, 1.54) is 12.1 Å². The third kappa shape index (κ3) is 5.18. The predicted molar refractivity (Wildman–Crippen MR) is 124 cm³/mol. The fourth-order valence-electron chi connectivity index (χ4n) is 5.11. The van der Waals surface area contributed by atoms with Crippen molar-refractivity contribution in [2.45, 2.75) is 43.9 Å². The van der Waals surface area contributed by atoms with E-state index in [4.69, 9.17) is 0 Å². The van der Waals surface area contributed by atoms with Gasteiger partial charge in [0, 0.05) is 31.9 Å². The lowest BCUT2D eigenvalue weighted by Gasteiger charge is -2.40. The molecule has 2 amide bonds. The summed E-state index contributed by atoms with van der Waals surface area (Å²) in [6.07, 6.45) is 5.64. The van der Waals surface area contributed by atoms with Gasteiger partial charge in [0.2, 0.25) is 11.8 Å². The van der Waals surface area contributed by atoms with E-state index in [2.05, 4.69) is 10.2 Å². The van der Waals surface area contributed by atoms with Crippen LogP contribution in [0.1, 0.15) is 44.1 Å². The van der Waals surface area contributed by atoms with Crippen LogP contribution in [-0.4, -0.2) is 54.3 Å². The van der Waals surface area contributed by atoms with E-state index in [-0.39, 0.29) is 17.6 Å². The summed E-state index contributed by atoms with van der Waals surface area (Å²) in [5.74, 6) is -0.142. The lowest BCUT2D eigenvalue weighted by Crippen LogP contribution is -2.49. The van der Waals surface area contributed by atoms with Gasteiger partial charge in [-0.3, -0.25) is 14.5 Å². The van der Waals surface area contributed by atoms with Crippen LogP contribution >= 0.6 is 0 Å². The molecule has 0 bridgehead atoms. The van der Waals surface area contributed by atoms with Gasteiger partial charge in [0.25, 0.3) is 0 Å². The highest BCUT2D eigenvalue weighted by Crippen LogP contribution is 2.41. The van der Waals surface area contributed by atoms with Gasteiger partial charge in [-0.2, -0.15) is 0 Å². The van der Waals surface area contributed by atoms with Gasteiger partial charge in [0.1, 0.15) is 5.82 Å². The van der Waals surface area contributed by atoms with Gasteiger partial charge in [-0.1, -0.05) is 49.6 Å². The number of halogens is 1. The topological polar surface area (TPSA) is 52.7 Å². The average molecular weight is 438 g/mol. The first-order valence-corrected chi connectivity index (χ1v) is 11.7. The highest BCUT2D eigenvalue weighted by molar-refractivity contribution is 5.92. The minimum Gasteiger partial charge on any atom is -0.341 e. The summed E-state index contributed by atoms with van der Waals surface area (Å²) >= 11 is 0. The largest absolute Gasteiger partial charge is 0.341 e. The van der Waals surface area contributed by atoms with Crippen molar-refractivity contribution in [3.05, 3.63) is 66.0 Å². The molecule has 0 radical (unpaired) electrons. The van der Waals surface area contributed by atoms with Crippen LogP contribution < -0.4 is 5.32 Å². The smallest absolute Gasteiger partial charge is 0.238 e. The van der Waals surface area contributed by atoms with E-state index in [1.807, 2.05) is 35.2 Å². The first-order valence-electron chi connectivity index (χ1n) is 11.7. The molecule has 0 aromatic heterocycles. The molecule has 6 heteroatoms. The summed E-state index contributed by atoms with van der Waals surface area (Å²) in [5.41, 5.74) is 1.18. The van der Waals surface area contributed by atoms with Gasteiger partial charge >= 0.3 is 0 Å². The van der Waals surface area contributed by atoms with Crippen LogP contribution in [0.4, 0.5) is 10.1 Å². The molecule has 2 aliphatic rings. The number of nitrogens with one attached hydrogen (secondary N) is 1. The Kier molecular flexibility index (Phi) is 7.20. The van der Waals surface area contributed by atoms with E-state index in [0.717, 1.165) is 56.3 Å². The summed E-state index contributed by atoms with van der Waals surface area (Å²) in [6.45, 7) is 3.09. The molecular formula is C26H32FN3O2. The normalized spacial score (nSPS) is 19.2. The molecule has 2 aromatic carbocycles. The highest BCUT2D eigenvalue weighted by atomic mass is 19.1. The maximum Gasteiger partial charge on any atom is 0.238 e. The third-order valence-corrected chi connectivity index (χ3v) is 6.81. The van der Waals surface area contributed by atoms with Crippen LogP contribution in [0.2, 0.25) is 0 Å². The fourth-order valence-corrected chi connectivity index (χ4v) is 5.11. The van der Waals surface area contributed by atoms with Crippen molar-refractivity contribution in [1.82, 2.24) is 9.80 Å². The van der Waals surface area contributed by atoms with Crippen LogP contribution in [-0.2, 0) is 15.0 Å². The number of nitrogens with zero attached hydrogens (tertiary/aromatic N) is 2. The number of carbonyl (C=O) groups is 2. The lowest BCUT2D eigenvalue weighted by atomic mass is 9.68. The minimum absolute atomic E-state index is 0.0361. The Labute approximate surface area is 189 Å². The molecule has 32 heavy (non-hydrogen) atoms. The van der Waals surface area contributed by atoms with Crippen molar-refractivity contribution < 1.29 is 14.0 Å². The fraction of sp³-hybridized carbons (Fsp3) is 0.462. The monoisotopic (exact) mass is 437 g/mol. The minimum atomic E-state index is -0.550. The first-order chi connectivity index (χ1) is 15.6. The summed E-state index contributed by atoms with van der Waals surface area (Å²) in [7, 11) is 0. The molecule has 4 rings (SSSR count). The Morgan fingerprint density at radius 1 is 0.844 bits per heavy atom. The van der Waals surface area contributed by atoms with Crippen molar-refractivity contribution in [3.8, 4) is 0 Å². The molecule has 0 atom stereocenters. The quantitative estimate of drug-likeness (QED) is 0.763. The second-order valence-electron chi connectivity index (χ2n) is 8.99. The SMILES string of the molecule is O=C(CN1CCCN(C(=O)C2(c3ccc(F)cc3)CCCCC2)CC1)Nc1ccccc1. The number of hydrogen-bond acceptors (Lipinski definition) is 3. The van der Waals surface area contributed by atoms with Crippen molar-refractivity contribution in [1.29, 1.82) is 0 Å². The summed E-state index contributed by atoms with van der Waals surface area (Å²) in [6, 6.07) is 16.0. The zero-order chi connectivity index (χ0) is 22.4. The van der Waals surface area contributed by atoms with E-state index < -0.39 is 5.41 Å². The molecule has 170 valence electrons. The number of para-hydroxylation sites is 1. The Bertz CT molecular complexity index is 910. The average Bonchev–Trinajstić information content (AvgIpc) is 3.05. The molecule has 1 aliphatic heterocycles. The van der Waals surface area contributed by atoms with Crippen LogP contribution in [0.25, 0.3) is 0 Å². The summed E-state index contributed by atoms with van der Waals surface area (Å²) in [5, 5.41) is 2.94. The van der Waals surface area contributed by atoms with Gasteiger partial charge in [0.15, 0.2) is 0 Å². The van der Waals surface area contributed by atoms with Gasteiger partial charge in [-0.05, 0) is 49.1 Å². The van der Waals surface area contributed by atoms with Crippen LogP contribution in [0.3, 0.4) is 0 Å². The van der Waals surface area contributed by atoms with Crippen LogP contribution in [0, 0.1) is 5.82 Å². The first kappa shape index (κ1) is 22.5. The standard InChI is InChI=1S/C26H32FN3O2/c27-22-12-10-21(11-13-22)26(14-5-2-6-15-26)25(32)30-17-7-16-29(18-19-30)20-24(31)28-23-8-3-1-4-9-23/h1,3-4,8-13H,2,5-7,14-20H2,(H,28,31). The molecule has 0 spiro atoms. The summed E-state index contributed by atoms with van der Waals surface area (Å²) in [4.78, 5) is 30.4. The zero-order valence-corrected chi connectivity index (χ0v) is 18.6. The highest BCUT2D eigenvalue weighted by Gasteiger charge is 2.43. The number of carbonyl (C=O) groups excluding carboxylic acids is 2. The number of anilines is 1. The Balaban J connectivity index is 1.40. The van der Waals surface area contributed by atoms with E-state index >= 15 is 0 Å². The second kappa shape index (κ2) is 10.3. The van der Waals surface area contributed by atoms with Gasteiger partial charge in [-0.25, -0.2) is 4.39 Å². The van der Waals surface area contributed by atoms with Crippen molar-refractivity contribution >= 4 is 17.5 Å². The van der Waals surface area contributed by atoms with Gasteiger partial charge < -0.3 is 10.2 Å². The van der Waals surface area contributed by atoms with Crippen molar-refractivity contribution in [2.24, 2.45) is 0 Å².